The predicted octanol–water partition coefficient (Wildman–Crippen LogP) is 3.88. The van der Waals surface area contributed by atoms with E-state index in [1.165, 1.54) is 12.5 Å². The third-order valence-corrected chi connectivity index (χ3v) is 5.03. The maximum atomic E-state index is 12.8. The number of quaternary nitrogens is 1. The molecule has 29 heavy (non-hydrogen) atoms. The number of hydrogen-bond donors (Lipinski definition) is 2. The third kappa shape index (κ3) is 5.39. The van der Waals surface area contributed by atoms with Crippen LogP contribution in [0.15, 0.2) is 78.9 Å². The standard InChI is InChI=1S/C25H26N2O2/c1-17-12-14-21(15-13-17)24(20-8-5-4-6-9-20)26-18(2)25(29)27-23-11-7-10-22(16-23)19(3)28/h4-16,18,24,26H,1-3H3,(H,27,29)/p+1/t18-,24-/m1/s1. The normalized spacial score (nSPS) is 12.8. The molecule has 3 aromatic rings. The van der Waals surface area contributed by atoms with Crippen LogP contribution in [-0.4, -0.2) is 17.7 Å². The summed E-state index contributed by atoms with van der Waals surface area (Å²) in [4.78, 5) is 24.4. The lowest BCUT2D eigenvalue weighted by Gasteiger charge is -2.21. The lowest BCUT2D eigenvalue weighted by atomic mass is 9.97. The van der Waals surface area contributed by atoms with Crippen LogP contribution in [0, 0.1) is 6.92 Å². The van der Waals surface area contributed by atoms with Crippen molar-refractivity contribution >= 4 is 17.4 Å². The number of carbonyl (C=O) groups excluding carboxylic acids is 2. The number of aryl methyl sites for hydroxylation is 1. The maximum absolute atomic E-state index is 12.8. The van der Waals surface area contributed by atoms with Gasteiger partial charge in [0.2, 0.25) is 0 Å². The molecule has 0 unspecified atom stereocenters. The highest BCUT2D eigenvalue weighted by Gasteiger charge is 2.25. The van der Waals surface area contributed by atoms with Crippen LogP contribution in [0.3, 0.4) is 0 Å². The number of amides is 1. The summed E-state index contributed by atoms with van der Waals surface area (Å²) in [5.41, 5.74) is 4.72. The van der Waals surface area contributed by atoms with Gasteiger partial charge >= 0.3 is 0 Å². The lowest BCUT2D eigenvalue weighted by molar-refractivity contribution is -0.704. The first-order valence-corrected chi connectivity index (χ1v) is 9.82. The molecule has 0 aliphatic rings. The van der Waals surface area contributed by atoms with E-state index < -0.39 is 0 Å². The van der Waals surface area contributed by atoms with Crippen LogP contribution < -0.4 is 10.6 Å². The highest BCUT2D eigenvalue weighted by molar-refractivity contribution is 5.97. The number of anilines is 1. The van der Waals surface area contributed by atoms with Gasteiger partial charge < -0.3 is 10.6 Å². The Balaban J connectivity index is 1.78. The van der Waals surface area contributed by atoms with Crippen LogP contribution in [0.25, 0.3) is 0 Å². The number of ketones is 1. The highest BCUT2D eigenvalue weighted by atomic mass is 16.2. The van der Waals surface area contributed by atoms with E-state index in [2.05, 4.69) is 54.0 Å². The van der Waals surface area contributed by atoms with Gasteiger partial charge in [0.1, 0.15) is 6.04 Å². The molecule has 3 N–H and O–H groups in total. The van der Waals surface area contributed by atoms with Crippen LogP contribution in [0.2, 0.25) is 0 Å². The number of benzene rings is 3. The van der Waals surface area contributed by atoms with Crippen LogP contribution in [0.4, 0.5) is 5.69 Å². The van der Waals surface area contributed by atoms with E-state index in [0.29, 0.717) is 11.3 Å². The van der Waals surface area contributed by atoms with Gasteiger partial charge in [0.05, 0.1) is 0 Å². The summed E-state index contributed by atoms with van der Waals surface area (Å²) in [6, 6.07) is 25.3. The molecule has 0 radical (unpaired) electrons. The minimum atomic E-state index is -0.317. The van der Waals surface area contributed by atoms with Gasteiger partial charge in [0, 0.05) is 22.4 Å². The quantitative estimate of drug-likeness (QED) is 0.605. The molecule has 0 fully saturated rings. The summed E-state index contributed by atoms with van der Waals surface area (Å²) in [7, 11) is 0. The van der Waals surface area contributed by atoms with Crippen molar-refractivity contribution in [1.82, 2.24) is 0 Å². The van der Waals surface area contributed by atoms with Gasteiger partial charge in [0.25, 0.3) is 5.91 Å². The topological polar surface area (TPSA) is 62.8 Å². The number of Topliss-reactive ketones (excluding diaryl/α,β-unsaturated/α-hetero) is 1. The fourth-order valence-corrected chi connectivity index (χ4v) is 3.30. The number of hydrogen-bond acceptors (Lipinski definition) is 2. The van der Waals surface area contributed by atoms with E-state index in [1.807, 2.05) is 25.1 Å². The molecule has 0 saturated carbocycles. The summed E-state index contributed by atoms with van der Waals surface area (Å²) in [5.74, 6) is -0.122. The lowest BCUT2D eigenvalue weighted by Crippen LogP contribution is -2.92. The van der Waals surface area contributed by atoms with Crippen molar-refractivity contribution in [2.45, 2.75) is 32.9 Å². The summed E-state index contributed by atoms with van der Waals surface area (Å²) in [5, 5.41) is 5.01. The fraction of sp³-hybridized carbons (Fsp3) is 0.200. The molecule has 2 atom stereocenters. The zero-order chi connectivity index (χ0) is 20.8. The largest absolute Gasteiger partial charge is 0.326 e. The molecule has 0 aliphatic carbocycles. The molecule has 148 valence electrons. The van der Waals surface area contributed by atoms with Crippen molar-refractivity contribution < 1.29 is 14.9 Å². The van der Waals surface area contributed by atoms with Crippen LogP contribution >= 0.6 is 0 Å². The Hall–Kier alpha value is -3.24. The van der Waals surface area contributed by atoms with E-state index in [0.717, 1.165) is 11.1 Å². The third-order valence-electron chi connectivity index (χ3n) is 5.03. The summed E-state index contributed by atoms with van der Waals surface area (Å²) < 4.78 is 0. The molecule has 0 aliphatic heterocycles. The van der Waals surface area contributed by atoms with Gasteiger partial charge in [-0.1, -0.05) is 72.3 Å². The molecule has 0 spiro atoms. The second-order valence-electron chi connectivity index (χ2n) is 7.41. The number of rotatable bonds is 7. The zero-order valence-electron chi connectivity index (χ0n) is 17.1. The summed E-state index contributed by atoms with van der Waals surface area (Å²) in [6.07, 6.45) is 0. The van der Waals surface area contributed by atoms with Crippen LogP contribution in [-0.2, 0) is 4.79 Å². The highest BCUT2D eigenvalue weighted by Crippen LogP contribution is 2.19. The van der Waals surface area contributed by atoms with Gasteiger partial charge in [-0.15, -0.1) is 0 Å². The molecule has 4 heteroatoms. The molecule has 3 aromatic carbocycles. The Bertz CT molecular complexity index is 981. The first-order chi connectivity index (χ1) is 13.9. The number of nitrogens with one attached hydrogen (secondary N) is 1. The van der Waals surface area contributed by atoms with Crippen LogP contribution in [0.5, 0.6) is 0 Å². The number of carbonyl (C=O) groups is 2. The SMILES string of the molecule is CC(=O)c1cccc(NC(=O)[C@@H](C)[NH2+][C@H](c2ccccc2)c2ccc(C)cc2)c1. The van der Waals surface area contributed by atoms with E-state index in [1.54, 1.807) is 24.3 Å². The monoisotopic (exact) mass is 387 g/mol. The van der Waals surface area contributed by atoms with E-state index >= 15 is 0 Å². The Morgan fingerprint density at radius 1 is 0.862 bits per heavy atom. The molecule has 3 rings (SSSR count). The fourth-order valence-electron chi connectivity index (χ4n) is 3.30. The van der Waals surface area contributed by atoms with Gasteiger partial charge in [-0.3, -0.25) is 9.59 Å². The molecular weight excluding hydrogens is 360 g/mol. The van der Waals surface area contributed by atoms with Gasteiger partial charge in [-0.2, -0.15) is 0 Å². The molecule has 4 nitrogen and oxygen atoms in total. The predicted molar refractivity (Wildman–Crippen MR) is 116 cm³/mol. The maximum Gasteiger partial charge on any atom is 0.282 e. The average molecular weight is 388 g/mol. The van der Waals surface area contributed by atoms with Gasteiger partial charge in [0.15, 0.2) is 11.8 Å². The van der Waals surface area contributed by atoms with Crippen molar-refractivity contribution in [3.63, 3.8) is 0 Å². The minimum absolute atomic E-state index is 0.0149. The Morgan fingerprint density at radius 3 is 2.17 bits per heavy atom. The van der Waals surface area contributed by atoms with E-state index in [-0.39, 0.29) is 23.8 Å². The van der Waals surface area contributed by atoms with Gasteiger partial charge in [-0.05, 0) is 32.9 Å². The molecular formula is C25H27N2O2+. The van der Waals surface area contributed by atoms with E-state index in [4.69, 9.17) is 0 Å². The summed E-state index contributed by atoms with van der Waals surface area (Å²) in [6.45, 7) is 5.48. The zero-order valence-corrected chi connectivity index (χ0v) is 17.1. The smallest absolute Gasteiger partial charge is 0.282 e. The van der Waals surface area contributed by atoms with Crippen molar-refractivity contribution in [2.75, 3.05) is 5.32 Å². The van der Waals surface area contributed by atoms with Crippen molar-refractivity contribution in [3.05, 3.63) is 101 Å². The molecule has 0 saturated heterocycles. The first-order valence-electron chi connectivity index (χ1n) is 9.82. The molecule has 1 amide bonds. The Kier molecular flexibility index (Phi) is 6.57. The van der Waals surface area contributed by atoms with Crippen molar-refractivity contribution in [2.24, 2.45) is 0 Å². The molecule has 0 heterocycles. The second kappa shape index (κ2) is 9.30. The minimum Gasteiger partial charge on any atom is -0.326 e. The van der Waals surface area contributed by atoms with Crippen molar-refractivity contribution in [1.29, 1.82) is 0 Å². The molecule has 0 bridgehead atoms. The van der Waals surface area contributed by atoms with Crippen LogP contribution in [0.1, 0.15) is 46.9 Å². The van der Waals surface area contributed by atoms with E-state index in [9.17, 15) is 9.59 Å². The Morgan fingerprint density at radius 2 is 1.52 bits per heavy atom. The number of nitrogens with two attached hydrogens (primary N) is 1. The average Bonchev–Trinajstić information content (AvgIpc) is 2.73. The first kappa shape index (κ1) is 20.5. The molecule has 0 aromatic heterocycles. The second-order valence-corrected chi connectivity index (χ2v) is 7.41. The summed E-state index contributed by atoms with van der Waals surface area (Å²) >= 11 is 0. The van der Waals surface area contributed by atoms with Gasteiger partial charge in [-0.25, -0.2) is 0 Å². The Labute approximate surface area is 172 Å². The van der Waals surface area contributed by atoms with Crippen molar-refractivity contribution in [3.8, 4) is 0 Å².